The lowest BCUT2D eigenvalue weighted by Crippen LogP contribution is -2.43. The highest BCUT2D eigenvalue weighted by Crippen LogP contribution is 2.33. The summed E-state index contributed by atoms with van der Waals surface area (Å²) in [4.78, 5) is 5.56. The summed E-state index contributed by atoms with van der Waals surface area (Å²) in [6.07, 6.45) is 3.46. The highest BCUT2D eigenvalue weighted by atomic mass is 79.9. The zero-order chi connectivity index (χ0) is 12.6. The van der Waals surface area contributed by atoms with E-state index >= 15 is 0 Å². The molecular weight excluding hydrogens is 314 g/mol. The van der Waals surface area contributed by atoms with Crippen LogP contribution in [0.15, 0.2) is 20.4 Å². The van der Waals surface area contributed by atoms with Crippen molar-refractivity contribution in [2.75, 3.05) is 6.54 Å². The van der Waals surface area contributed by atoms with E-state index in [0.29, 0.717) is 11.7 Å². The second-order valence-electron chi connectivity index (χ2n) is 4.74. The van der Waals surface area contributed by atoms with Gasteiger partial charge in [0.05, 0.1) is 14.2 Å². The molecule has 0 aromatic carbocycles. The van der Waals surface area contributed by atoms with Crippen LogP contribution in [0.5, 0.6) is 0 Å². The van der Waals surface area contributed by atoms with Gasteiger partial charge >= 0.3 is 0 Å². The number of nitrogens with zero attached hydrogens (tertiary/aromatic N) is 2. The molecule has 0 aliphatic carbocycles. The number of thiophene rings is 1. The van der Waals surface area contributed by atoms with Crippen molar-refractivity contribution >= 4 is 27.3 Å². The molecular formula is C12H14BrN3OS. The average molecular weight is 328 g/mol. The van der Waals surface area contributed by atoms with E-state index in [1.807, 2.05) is 12.1 Å². The molecule has 1 atom stereocenters. The molecule has 1 aliphatic rings. The van der Waals surface area contributed by atoms with Gasteiger partial charge in [0.25, 0.3) is 0 Å². The molecule has 0 amide bonds. The quantitative estimate of drug-likeness (QED) is 0.916. The van der Waals surface area contributed by atoms with E-state index in [2.05, 4.69) is 38.3 Å². The lowest BCUT2D eigenvalue weighted by atomic mass is 9.91. The zero-order valence-electron chi connectivity index (χ0n) is 10.1. The van der Waals surface area contributed by atoms with Gasteiger partial charge in [-0.05, 0) is 60.8 Å². The molecule has 1 fully saturated rings. The van der Waals surface area contributed by atoms with Crippen LogP contribution in [-0.4, -0.2) is 16.7 Å². The number of hydrogen-bond acceptors (Lipinski definition) is 5. The van der Waals surface area contributed by atoms with Gasteiger partial charge in [0, 0.05) is 0 Å². The minimum absolute atomic E-state index is 0.169. The standard InChI is InChI=1S/C12H14BrN3OS/c1-12(6-2-3-7-14-12)11-15-10(16-17-11)8-4-5-9(13)18-8/h4-5,14H,2-3,6-7H2,1H3. The maximum Gasteiger partial charge on any atom is 0.246 e. The highest BCUT2D eigenvalue weighted by molar-refractivity contribution is 9.11. The lowest BCUT2D eigenvalue weighted by molar-refractivity contribution is 0.207. The second-order valence-corrected chi connectivity index (χ2v) is 7.21. The molecule has 2 aromatic heterocycles. The fourth-order valence-corrected chi connectivity index (χ4v) is 3.53. The monoisotopic (exact) mass is 327 g/mol. The molecule has 4 nitrogen and oxygen atoms in total. The van der Waals surface area contributed by atoms with Crippen LogP contribution in [0.3, 0.4) is 0 Å². The number of rotatable bonds is 2. The van der Waals surface area contributed by atoms with Gasteiger partial charge in [-0.3, -0.25) is 0 Å². The fraction of sp³-hybridized carbons (Fsp3) is 0.500. The summed E-state index contributed by atoms with van der Waals surface area (Å²) >= 11 is 5.05. The molecule has 2 aromatic rings. The smallest absolute Gasteiger partial charge is 0.246 e. The third-order valence-corrected chi connectivity index (χ3v) is 4.93. The van der Waals surface area contributed by atoms with Gasteiger partial charge in [-0.2, -0.15) is 4.98 Å². The Hall–Kier alpha value is -0.720. The van der Waals surface area contributed by atoms with E-state index in [4.69, 9.17) is 4.52 Å². The van der Waals surface area contributed by atoms with Crippen LogP contribution in [0.1, 0.15) is 32.1 Å². The van der Waals surface area contributed by atoms with Crippen molar-refractivity contribution in [2.45, 2.75) is 31.7 Å². The first-order valence-electron chi connectivity index (χ1n) is 6.02. The topological polar surface area (TPSA) is 51.0 Å². The maximum atomic E-state index is 5.44. The van der Waals surface area contributed by atoms with E-state index < -0.39 is 0 Å². The molecule has 0 radical (unpaired) electrons. The number of piperidine rings is 1. The second kappa shape index (κ2) is 4.75. The molecule has 3 rings (SSSR count). The van der Waals surface area contributed by atoms with Crippen molar-refractivity contribution in [2.24, 2.45) is 0 Å². The van der Waals surface area contributed by atoms with Gasteiger partial charge in [0.1, 0.15) is 0 Å². The van der Waals surface area contributed by atoms with E-state index in [0.717, 1.165) is 21.6 Å². The summed E-state index contributed by atoms with van der Waals surface area (Å²) in [7, 11) is 0. The molecule has 1 unspecified atom stereocenters. The zero-order valence-corrected chi connectivity index (χ0v) is 12.5. The van der Waals surface area contributed by atoms with Gasteiger partial charge < -0.3 is 9.84 Å². The third-order valence-electron chi connectivity index (χ3n) is 3.31. The summed E-state index contributed by atoms with van der Waals surface area (Å²) in [6.45, 7) is 3.15. The molecule has 1 N–H and O–H groups in total. The Bertz CT molecular complexity index is 545. The Labute approximate surface area is 118 Å². The van der Waals surface area contributed by atoms with Crippen LogP contribution >= 0.6 is 27.3 Å². The van der Waals surface area contributed by atoms with Crippen molar-refractivity contribution in [1.29, 1.82) is 0 Å². The largest absolute Gasteiger partial charge is 0.337 e. The van der Waals surface area contributed by atoms with E-state index in [1.165, 1.54) is 12.8 Å². The van der Waals surface area contributed by atoms with E-state index in [-0.39, 0.29) is 5.54 Å². The summed E-state index contributed by atoms with van der Waals surface area (Å²) in [5, 5.41) is 7.56. The molecule has 18 heavy (non-hydrogen) atoms. The highest BCUT2D eigenvalue weighted by Gasteiger charge is 2.34. The molecule has 1 aliphatic heterocycles. The van der Waals surface area contributed by atoms with Crippen LogP contribution in [-0.2, 0) is 5.54 Å². The number of halogens is 1. The molecule has 0 bridgehead atoms. The van der Waals surface area contributed by atoms with Crippen molar-refractivity contribution in [3.05, 3.63) is 21.8 Å². The van der Waals surface area contributed by atoms with Gasteiger partial charge in [0.15, 0.2) is 0 Å². The Morgan fingerprint density at radius 3 is 3.00 bits per heavy atom. The van der Waals surface area contributed by atoms with E-state index in [9.17, 15) is 0 Å². The predicted octanol–water partition coefficient (Wildman–Crippen LogP) is 3.55. The van der Waals surface area contributed by atoms with E-state index in [1.54, 1.807) is 11.3 Å². The average Bonchev–Trinajstić information content (AvgIpc) is 2.98. The Morgan fingerprint density at radius 1 is 1.44 bits per heavy atom. The van der Waals surface area contributed by atoms with Crippen LogP contribution < -0.4 is 5.32 Å². The molecule has 6 heteroatoms. The lowest BCUT2D eigenvalue weighted by Gasteiger charge is -2.31. The van der Waals surface area contributed by atoms with Crippen molar-refractivity contribution in [1.82, 2.24) is 15.5 Å². The molecule has 96 valence electrons. The number of hydrogen-bond donors (Lipinski definition) is 1. The van der Waals surface area contributed by atoms with Crippen LogP contribution in [0.4, 0.5) is 0 Å². The summed E-state index contributed by atoms with van der Waals surface area (Å²) in [5.41, 5.74) is -0.169. The fourth-order valence-electron chi connectivity index (χ4n) is 2.22. The summed E-state index contributed by atoms with van der Waals surface area (Å²) in [6, 6.07) is 4.00. The van der Waals surface area contributed by atoms with Crippen LogP contribution in [0.25, 0.3) is 10.7 Å². The number of aromatic nitrogens is 2. The van der Waals surface area contributed by atoms with Gasteiger partial charge in [0.2, 0.25) is 11.7 Å². The first-order chi connectivity index (χ1) is 8.67. The predicted molar refractivity (Wildman–Crippen MR) is 74.5 cm³/mol. The van der Waals surface area contributed by atoms with Crippen molar-refractivity contribution < 1.29 is 4.52 Å². The normalized spacial score (nSPS) is 24.3. The molecule has 0 saturated carbocycles. The van der Waals surface area contributed by atoms with Gasteiger partial charge in [-0.15, -0.1) is 11.3 Å². The van der Waals surface area contributed by atoms with Gasteiger partial charge in [-0.25, -0.2) is 0 Å². The third kappa shape index (κ3) is 2.24. The molecule has 0 spiro atoms. The van der Waals surface area contributed by atoms with Crippen LogP contribution in [0.2, 0.25) is 0 Å². The molecule has 1 saturated heterocycles. The minimum atomic E-state index is -0.169. The van der Waals surface area contributed by atoms with Crippen molar-refractivity contribution in [3.63, 3.8) is 0 Å². The van der Waals surface area contributed by atoms with Crippen molar-refractivity contribution in [3.8, 4) is 10.7 Å². The van der Waals surface area contributed by atoms with Gasteiger partial charge in [-0.1, -0.05) is 5.16 Å². The Balaban J connectivity index is 1.89. The molecule has 3 heterocycles. The summed E-state index contributed by atoms with van der Waals surface area (Å²) < 4.78 is 6.51. The minimum Gasteiger partial charge on any atom is -0.337 e. The Kier molecular flexibility index (Phi) is 3.25. The SMILES string of the molecule is CC1(c2nc(-c3ccc(Br)s3)no2)CCCCN1. The Morgan fingerprint density at radius 2 is 2.33 bits per heavy atom. The first-order valence-corrected chi connectivity index (χ1v) is 7.63. The maximum absolute atomic E-state index is 5.44. The summed E-state index contributed by atoms with van der Waals surface area (Å²) in [5.74, 6) is 1.37. The van der Waals surface area contributed by atoms with Crippen LogP contribution in [0, 0.1) is 0 Å². The first kappa shape index (κ1) is 12.3. The number of nitrogens with one attached hydrogen (secondary N) is 1.